The summed E-state index contributed by atoms with van der Waals surface area (Å²) in [5.74, 6) is 0. The molecule has 0 radical (unpaired) electrons. The summed E-state index contributed by atoms with van der Waals surface area (Å²) in [7, 11) is 0. The average Bonchev–Trinajstić information content (AvgIpc) is 2.74. The Hall–Kier alpha value is -2.85. The number of rotatable bonds is 4. The molecule has 6 nitrogen and oxygen atoms in total. The zero-order valence-electron chi connectivity index (χ0n) is 16.0. The first-order valence-corrected chi connectivity index (χ1v) is 10.2. The van der Waals surface area contributed by atoms with Gasteiger partial charge in [-0.2, -0.15) is 5.26 Å². The Bertz CT molecular complexity index is 1270. The van der Waals surface area contributed by atoms with Crippen molar-refractivity contribution in [3.63, 3.8) is 0 Å². The van der Waals surface area contributed by atoms with Gasteiger partial charge in [0.15, 0.2) is 0 Å². The molecule has 8 heteroatoms. The molecule has 2 heterocycles. The zero-order valence-corrected chi connectivity index (χ0v) is 17.5. The van der Waals surface area contributed by atoms with Crippen molar-refractivity contribution in [2.24, 2.45) is 0 Å². The van der Waals surface area contributed by atoms with Gasteiger partial charge in [0.05, 0.1) is 33.8 Å². The lowest BCUT2D eigenvalue weighted by molar-refractivity contribution is 0.240. The Morgan fingerprint density at radius 3 is 2.60 bits per heavy atom. The van der Waals surface area contributed by atoms with Crippen LogP contribution in [0.5, 0.6) is 0 Å². The Morgan fingerprint density at radius 2 is 1.83 bits per heavy atom. The first-order chi connectivity index (χ1) is 14.4. The fraction of sp³-hybridized carbons (Fsp3) is 0.227. The normalized spacial score (nSPS) is 13.6. The molecule has 0 unspecified atom stereocenters. The van der Waals surface area contributed by atoms with E-state index in [1.807, 2.05) is 18.2 Å². The van der Waals surface area contributed by atoms with Gasteiger partial charge in [0.25, 0.3) is 5.56 Å². The molecule has 1 aliphatic heterocycles. The SMILES string of the molecule is N#Cc1cccc(CN2CCc3[nH]c(=O)n(Cc4ccc(Cl)c(Cl)c4)c(=O)c3C2)c1. The van der Waals surface area contributed by atoms with Crippen LogP contribution in [0.4, 0.5) is 0 Å². The maximum atomic E-state index is 13.1. The number of aromatic amines is 1. The monoisotopic (exact) mass is 440 g/mol. The van der Waals surface area contributed by atoms with Gasteiger partial charge in [-0.25, -0.2) is 4.79 Å². The van der Waals surface area contributed by atoms with Crippen molar-refractivity contribution in [2.75, 3.05) is 6.54 Å². The van der Waals surface area contributed by atoms with E-state index in [0.29, 0.717) is 46.4 Å². The third-order valence-corrected chi connectivity index (χ3v) is 5.96. The summed E-state index contributed by atoms with van der Waals surface area (Å²) in [6, 6.07) is 14.6. The standard InChI is InChI=1S/C22H18Cl2N4O2/c23-18-5-4-16(9-19(18)24)12-28-21(29)17-13-27(7-6-20(17)26-22(28)30)11-15-3-1-2-14(8-15)10-25/h1-5,8-9H,6-7,11-13H2,(H,26,30). The van der Waals surface area contributed by atoms with Crippen molar-refractivity contribution in [1.29, 1.82) is 5.26 Å². The fourth-order valence-corrected chi connectivity index (χ4v) is 4.02. The molecule has 3 aromatic rings. The van der Waals surface area contributed by atoms with Crippen LogP contribution in [0.2, 0.25) is 10.0 Å². The quantitative estimate of drug-likeness (QED) is 0.674. The van der Waals surface area contributed by atoms with E-state index < -0.39 is 5.69 Å². The maximum absolute atomic E-state index is 13.1. The molecule has 30 heavy (non-hydrogen) atoms. The van der Waals surface area contributed by atoms with Crippen LogP contribution in [0.3, 0.4) is 0 Å². The molecule has 0 aliphatic carbocycles. The minimum Gasteiger partial charge on any atom is -0.311 e. The second-order valence-electron chi connectivity index (χ2n) is 7.30. The predicted molar refractivity (Wildman–Crippen MR) is 116 cm³/mol. The predicted octanol–water partition coefficient (Wildman–Crippen LogP) is 3.32. The number of hydrogen-bond donors (Lipinski definition) is 1. The summed E-state index contributed by atoms with van der Waals surface area (Å²) in [5, 5.41) is 9.88. The van der Waals surface area contributed by atoms with Crippen LogP contribution in [-0.2, 0) is 26.1 Å². The molecule has 1 N–H and O–H groups in total. The zero-order chi connectivity index (χ0) is 21.3. The number of hydrogen-bond acceptors (Lipinski definition) is 4. The average molecular weight is 441 g/mol. The van der Waals surface area contributed by atoms with Crippen LogP contribution in [0.1, 0.15) is 27.9 Å². The van der Waals surface area contributed by atoms with Crippen molar-refractivity contribution in [2.45, 2.75) is 26.1 Å². The van der Waals surface area contributed by atoms with Gasteiger partial charge >= 0.3 is 5.69 Å². The number of H-pyrrole nitrogens is 1. The largest absolute Gasteiger partial charge is 0.328 e. The van der Waals surface area contributed by atoms with E-state index in [2.05, 4.69) is 16.0 Å². The highest BCUT2D eigenvalue weighted by atomic mass is 35.5. The van der Waals surface area contributed by atoms with Gasteiger partial charge < -0.3 is 4.98 Å². The highest BCUT2D eigenvalue weighted by Crippen LogP contribution is 2.23. The van der Waals surface area contributed by atoms with E-state index in [4.69, 9.17) is 28.5 Å². The highest BCUT2D eigenvalue weighted by molar-refractivity contribution is 6.42. The van der Waals surface area contributed by atoms with Crippen LogP contribution in [0.25, 0.3) is 0 Å². The van der Waals surface area contributed by atoms with E-state index in [0.717, 1.165) is 17.7 Å². The minimum atomic E-state index is -0.431. The molecule has 0 bridgehead atoms. The first-order valence-electron chi connectivity index (χ1n) is 9.45. The van der Waals surface area contributed by atoms with E-state index >= 15 is 0 Å². The van der Waals surface area contributed by atoms with Gasteiger partial charge in [0.2, 0.25) is 0 Å². The third kappa shape index (κ3) is 4.19. The van der Waals surface area contributed by atoms with Crippen LogP contribution in [0, 0.1) is 11.3 Å². The van der Waals surface area contributed by atoms with Gasteiger partial charge in [0.1, 0.15) is 0 Å². The lowest BCUT2D eigenvalue weighted by atomic mass is 10.1. The second-order valence-corrected chi connectivity index (χ2v) is 8.11. The number of halogens is 2. The first kappa shape index (κ1) is 20.4. The van der Waals surface area contributed by atoms with E-state index in [1.54, 1.807) is 24.3 Å². The Labute approximate surface area is 182 Å². The molecule has 0 spiro atoms. The minimum absolute atomic E-state index is 0.114. The molecule has 0 saturated heterocycles. The summed E-state index contributed by atoms with van der Waals surface area (Å²) >= 11 is 12.0. The molecule has 0 atom stereocenters. The van der Waals surface area contributed by atoms with Crippen molar-refractivity contribution in [1.82, 2.24) is 14.5 Å². The van der Waals surface area contributed by atoms with Crippen molar-refractivity contribution in [3.05, 3.63) is 101 Å². The third-order valence-electron chi connectivity index (χ3n) is 5.22. The molecule has 0 saturated carbocycles. The van der Waals surface area contributed by atoms with E-state index in [9.17, 15) is 9.59 Å². The molecule has 1 aromatic heterocycles. The molecule has 152 valence electrons. The van der Waals surface area contributed by atoms with Gasteiger partial charge in [-0.3, -0.25) is 14.3 Å². The number of nitrogens with zero attached hydrogens (tertiary/aromatic N) is 3. The molecular formula is C22H18Cl2N4O2. The van der Waals surface area contributed by atoms with Crippen LogP contribution < -0.4 is 11.2 Å². The number of aromatic nitrogens is 2. The number of benzene rings is 2. The van der Waals surface area contributed by atoms with Gasteiger partial charge in [0, 0.05) is 31.7 Å². The molecule has 0 fully saturated rings. The van der Waals surface area contributed by atoms with E-state index in [-0.39, 0.29) is 12.1 Å². The molecule has 4 rings (SSSR count). The van der Waals surface area contributed by atoms with Crippen LogP contribution in [0.15, 0.2) is 52.1 Å². The Kier molecular flexibility index (Phi) is 5.78. The smallest absolute Gasteiger partial charge is 0.311 e. The maximum Gasteiger partial charge on any atom is 0.328 e. The number of nitriles is 1. The lowest BCUT2D eigenvalue weighted by Gasteiger charge is -2.28. The number of nitrogens with one attached hydrogen (secondary N) is 1. The Balaban J connectivity index is 1.61. The molecule has 1 aliphatic rings. The van der Waals surface area contributed by atoms with Crippen LogP contribution >= 0.6 is 23.2 Å². The fourth-order valence-electron chi connectivity index (χ4n) is 3.70. The topological polar surface area (TPSA) is 81.9 Å². The van der Waals surface area contributed by atoms with Gasteiger partial charge in [-0.05, 0) is 35.4 Å². The van der Waals surface area contributed by atoms with Crippen LogP contribution in [-0.4, -0.2) is 21.0 Å². The van der Waals surface area contributed by atoms with Crippen molar-refractivity contribution < 1.29 is 0 Å². The lowest BCUT2D eigenvalue weighted by Crippen LogP contribution is -2.43. The summed E-state index contributed by atoms with van der Waals surface area (Å²) in [6.45, 7) is 1.89. The molecule has 2 aromatic carbocycles. The summed E-state index contributed by atoms with van der Waals surface area (Å²) < 4.78 is 1.19. The van der Waals surface area contributed by atoms with Crippen molar-refractivity contribution in [3.8, 4) is 6.07 Å². The Morgan fingerprint density at radius 1 is 1.03 bits per heavy atom. The van der Waals surface area contributed by atoms with E-state index in [1.165, 1.54) is 4.57 Å². The summed E-state index contributed by atoms with van der Waals surface area (Å²) in [5.41, 5.74) is 2.90. The van der Waals surface area contributed by atoms with Crippen molar-refractivity contribution >= 4 is 23.2 Å². The molecular weight excluding hydrogens is 423 g/mol. The summed E-state index contributed by atoms with van der Waals surface area (Å²) in [6.07, 6.45) is 0.589. The number of fused-ring (bicyclic) bond motifs is 1. The van der Waals surface area contributed by atoms with Gasteiger partial charge in [-0.1, -0.05) is 41.4 Å². The van der Waals surface area contributed by atoms with Gasteiger partial charge in [-0.15, -0.1) is 0 Å². The second kappa shape index (κ2) is 8.49. The highest BCUT2D eigenvalue weighted by Gasteiger charge is 2.22. The molecule has 0 amide bonds. The summed E-state index contributed by atoms with van der Waals surface area (Å²) in [4.78, 5) is 30.6.